The number of benzene rings is 2. The number of rotatable bonds is 7. The molecule has 0 atom stereocenters. The van der Waals surface area contributed by atoms with Gasteiger partial charge in [0.15, 0.2) is 0 Å². The summed E-state index contributed by atoms with van der Waals surface area (Å²) in [4.78, 5) is 36.4. The van der Waals surface area contributed by atoms with Crippen molar-refractivity contribution in [3.8, 4) is 5.69 Å². The second kappa shape index (κ2) is 10.1. The van der Waals surface area contributed by atoms with Crippen LogP contribution in [-0.2, 0) is 14.3 Å². The zero-order valence-electron chi connectivity index (χ0n) is 17.9. The van der Waals surface area contributed by atoms with Gasteiger partial charge >= 0.3 is 11.9 Å². The molecule has 0 spiro atoms. The number of anilines is 1. The van der Waals surface area contributed by atoms with Gasteiger partial charge in [0.1, 0.15) is 0 Å². The van der Waals surface area contributed by atoms with Crippen LogP contribution in [0.1, 0.15) is 31.8 Å². The smallest absolute Gasteiger partial charge is 0.339 e. The Balaban J connectivity index is 1.76. The molecular weight excluding hydrogens is 434 g/mol. The van der Waals surface area contributed by atoms with Gasteiger partial charge in [-0.15, -0.1) is 5.10 Å². The number of esters is 2. The highest BCUT2D eigenvalue weighted by molar-refractivity contribution is 7.99. The Morgan fingerprint density at radius 1 is 1.00 bits per heavy atom. The van der Waals surface area contributed by atoms with E-state index in [9.17, 15) is 14.4 Å². The minimum Gasteiger partial charge on any atom is -0.465 e. The number of methoxy groups -OCH3 is 2. The molecular formula is C21H21N5O5S. The van der Waals surface area contributed by atoms with Crippen molar-refractivity contribution in [3.05, 3.63) is 58.7 Å². The lowest BCUT2D eigenvalue weighted by Crippen LogP contribution is -2.18. The van der Waals surface area contributed by atoms with E-state index in [1.165, 1.54) is 32.4 Å². The molecule has 0 bridgehead atoms. The highest BCUT2D eigenvalue weighted by Gasteiger charge is 2.18. The van der Waals surface area contributed by atoms with Gasteiger partial charge in [0, 0.05) is 0 Å². The first-order valence-electron chi connectivity index (χ1n) is 9.43. The van der Waals surface area contributed by atoms with E-state index in [1.54, 1.807) is 4.68 Å². The normalized spacial score (nSPS) is 10.5. The van der Waals surface area contributed by atoms with Crippen molar-refractivity contribution >= 4 is 35.3 Å². The highest BCUT2D eigenvalue weighted by Crippen LogP contribution is 2.23. The quantitative estimate of drug-likeness (QED) is 0.422. The maximum atomic E-state index is 12.6. The maximum Gasteiger partial charge on any atom is 0.339 e. The van der Waals surface area contributed by atoms with Gasteiger partial charge in [-0.1, -0.05) is 17.8 Å². The van der Waals surface area contributed by atoms with Gasteiger partial charge in [-0.05, 0) is 65.7 Å². The fraction of sp³-hybridized carbons (Fsp3) is 0.238. The molecule has 166 valence electrons. The molecule has 0 saturated carbocycles. The Morgan fingerprint density at radius 2 is 1.75 bits per heavy atom. The first-order chi connectivity index (χ1) is 15.3. The monoisotopic (exact) mass is 455 g/mol. The molecule has 0 aliphatic rings. The molecule has 0 saturated heterocycles. The molecule has 0 aliphatic heterocycles. The van der Waals surface area contributed by atoms with Gasteiger partial charge in [-0.3, -0.25) is 4.79 Å². The van der Waals surface area contributed by atoms with Crippen LogP contribution in [0.25, 0.3) is 5.69 Å². The average Bonchev–Trinajstić information content (AvgIpc) is 3.27. The number of ether oxygens (including phenoxy) is 2. The number of nitrogens with zero attached hydrogens (tertiary/aromatic N) is 4. The molecule has 3 aromatic rings. The molecule has 10 nitrogen and oxygen atoms in total. The lowest BCUT2D eigenvalue weighted by Gasteiger charge is -2.11. The summed E-state index contributed by atoms with van der Waals surface area (Å²) in [7, 11) is 2.47. The van der Waals surface area contributed by atoms with E-state index in [0.717, 1.165) is 28.6 Å². The Kier molecular flexibility index (Phi) is 7.21. The molecule has 2 aromatic carbocycles. The summed E-state index contributed by atoms with van der Waals surface area (Å²) in [6, 6.07) is 9.98. The zero-order chi connectivity index (χ0) is 23.3. The van der Waals surface area contributed by atoms with Gasteiger partial charge in [0.05, 0.1) is 42.5 Å². The number of carbonyl (C=O) groups is 3. The van der Waals surface area contributed by atoms with Crippen molar-refractivity contribution in [2.45, 2.75) is 19.0 Å². The topological polar surface area (TPSA) is 125 Å². The fourth-order valence-electron chi connectivity index (χ4n) is 2.79. The van der Waals surface area contributed by atoms with Crippen LogP contribution in [0.2, 0.25) is 0 Å². The standard InChI is InChI=1S/C21H21N5O5S/c1-12-5-7-15(9-13(12)2)26-21(23-24-25-26)32-11-18(27)22-17-10-14(19(28)30-3)6-8-16(17)20(29)31-4/h5-10H,11H2,1-4H3,(H,22,27). The third-order valence-electron chi connectivity index (χ3n) is 4.63. The van der Waals surface area contributed by atoms with Crippen molar-refractivity contribution in [2.24, 2.45) is 0 Å². The number of hydrogen-bond acceptors (Lipinski definition) is 9. The van der Waals surface area contributed by atoms with Crippen molar-refractivity contribution in [2.75, 3.05) is 25.3 Å². The summed E-state index contributed by atoms with van der Waals surface area (Å²) in [6.45, 7) is 4.00. The van der Waals surface area contributed by atoms with Gasteiger partial charge in [-0.25, -0.2) is 9.59 Å². The van der Waals surface area contributed by atoms with Crippen LogP contribution in [0.15, 0.2) is 41.6 Å². The number of aromatic nitrogens is 4. The van der Waals surface area contributed by atoms with Gasteiger partial charge in [0.25, 0.3) is 0 Å². The summed E-state index contributed by atoms with van der Waals surface area (Å²) in [5.41, 5.74) is 3.44. The van der Waals surface area contributed by atoms with Crippen LogP contribution in [0, 0.1) is 13.8 Å². The Hall–Kier alpha value is -3.73. The van der Waals surface area contributed by atoms with Crippen LogP contribution in [0.5, 0.6) is 0 Å². The molecule has 32 heavy (non-hydrogen) atoms. The van der Waals surface area contributed by atoms with E-state index in [4.69, 9.17) is 9.47 Å². The SMILES string of the molecule is COC(=O)c1ccc(C(=O)OC)c(NC(=O)CSc2nnnn2-c2ccc(C)c(C)c2)c1. The molecule has 3 rings (SSSR count). The van der Waals surface area contributed by atoms with Crippen LogP contribution in [0.4, 0.5) is 5.69 Å². The first-order valence-corrected chi connectivity index (χ1v) is 10.4. The van der Waals surface area contributed by atoms with Crippen molar-refractivity contribution in [1.82, 2.24) is 20.2 Å². The fourth-order valence-corrected chi connectivity index (χ4v) is 3.48. The van der Waals surface area contributed by atoms with Crippen LogP contribution in [-0.4, -0.2) is 58.0 Å². The second-order valence-corrected chi connectivity index (χ2v) is 7.66. The molecule has 1 heterocycles. The average molecular weight is 455 g/mol. The number of hydrogen-bond donors (Lipinski definition) is 1. The summed E-state index contributed by atoms with van der Waals surface area (Å²) >= 11 is 1.13. The van der Waals surface area contributed by atoms with Gasteiger partial charge < -0.3 is 14.8 Å². The van der Waals surface area contributed by atoms with E-state index in [1.807, 2.05) is 32.0 Å². The molecule has 0 radical (unpaired) electrons. The number of amides is 1. The number of nitrogens with one attached hydrogen (secondary N) is 1. The van der Waals surface area contributed by atoms with E-state index < -0.39 is 17.8 Å². The third kappa shape index (κ3) is 5.11. The van der Waals surface area contributed by atoms with E-state index in [0.29, 0.717) is 5.16 Å². The molecule has 0 fully saturated rings. The lowest BCUT2D eigenvalue weighted by molar-refractivity contribution is -0.113. The number of aryl methyl sites for hydroxylation is 2. The van der Waals surface area contributed by atoms with Crippen LogP contribution in [0.3, 0.4) is 0 Å². The number of tetrazole rings is 1. The molecule has 0 unspecified atom stereocenters. The third-order valence-corrected chi connectivity index (χ3v) is 5.55. The molecule has 0 aliphatic carbocycles. The Labute approximate surface area is 188 Å². The Bertz CT molecular complexity index is 1180. The van der Waals surface area contributed by atoms with E-state index >= 15 is 0 Å². The van der Waals surface area contributed by atoms with Crippen LogP contribution >= 0.6 is 11.8 Å². The summed E-state index contributed by atoms with van der Waals surface area (Å²) in [5, 5.41) is 14.7. The summed E-state index contributed by atoms with van der Waals surface area (Å²) in [6.07, 6.45) is 0. The van der Waals surface area contributed by atoms with Gasteiger partial charge in [-0.2, -0.15) is 4.68 Å². The minimum atomic E-state index is -0.650. The minimum absolute atomic E-state index is 0.0335. The highest BCUT2D eigenvalue weighted by atomic mass is 32.2. The van der Waals surface area contributed by atoms with E-state index in [-0.39, 0.29) is 22.6 Å². The summed E-state index contributed by atoms with van der Waals surface area (Å²) < 4.78 is 11.0. The van der Waals surface area contributed by atoms with Crippen molar-refractivity contribution in [3.63, 3.8) is 0 Å². The predicted molar refractivity (Wildman–Crippen MR) is 117 cm³/mol. The van der Waals surface area contributed by atoms with Gasteiger partial charge in [0.2, 0.25) is 11.1 Å². The molecule has 1 N–H and O–H groups in total. The maximum absolute atomic E-state index is 12.6. The van der Waals surface area contributed by atoms with E-state index in [2.05, 4.69) is 20.8 Å². The number of thioether (sulfide) groups is 1. The zero-order valence-corrected chi connectivity index (χ0v) is 18.7. The number of carbonyl (C=O) groups excluding carboxylic acids is 3. The lowest BCUT2D eigenvalue weighted by atomic mass is 10.1. The second-order valence-electron chi connectivity index (χ2n) is 6.72. The molecule has 1 aromatic heterocycles. The van der Waals surface area contributed by atoms with Crippen LogP contribution < -0.4 is 5.32 Å². The summed E-state index contributed by atoms with van der Waals surface area (Å²) in [5.74, 6) is -1.70. The largest absolute Gasteiger partial charge is 0.465 e. The predicted octanol–water partition coefficient (Wildman–Crippen LogP) is 2.58. The molecule has 1 amide bonds. The Morgan fingerprint density at radius 3 is 2.44 bits per heavy atom. The van der Waals surface area contributed by atoms with Crippen molar-refractivity contribution in [1.29, 1.82) is 0 Å². The first kappa shape index (κ1) is 22.9. The molecule has 11 heteroatoms. The van der Waals surface area contributed by atoms with Crippen molar-refractivity contribution < 1.29 is 23.9 Å².